The van der Waals surface area contributed by atoms with Crippen LogP contribution in [-0.4, -0.2) is 15.9 Å². The van der Waals surface area contributed by atoms with E-state index in [9.17, 15) is 4.79 Å². The first-order valence-corrected chi connectivity index (χ1v) is 6.08. The molecule has 5 nitrogen and oxygen atoms in total. The molecule has 0 aliphatic rings. The Labute approximate surface area is 117 Å². The number of nitrogen functional groups attached to an aromatic ring is 1. The van der Waals surface area contributed by atoms with E-state index in [2.05, 4.69) is 31.2 Å². The van der Waals surface area contributed by atoms with E-state index in [1.54, 1.807) is 18.3 Å². The number of pyridine rings is 2. The van der Waals surface area contributed by atoms with Crippen molar-refractivity contribution >= 4 is 45.1 Å². The van der Waals surface area contributed by atoms with Crippen molar-refractivity contribution in [2.75, 3.05) is 11.1 Å². The Morgan fingerprint density at radius 2 is 2.22 bits per heavy atom. The van der Waals surface area contributed by atoms with E-state index in [-0.39, 0.29) is 16.4 Å². The Hall–Kier alpha value is -1.66. The molecule has 0 aromatic carbocycles. The minimum Gasteiger partial charge on any atom is -0.384 e. The molecule has 3 N–H and O–H groups in total. The Kier molecular flexibility index (Phi) is 3.78. The zero-order chi connectivity index (χ0) is 13.1. The van der Waals surface area contributed by atoms with Crippen LogP contribution in [0.25, 0.3) is 0 Å². The topological polar surface area (TPSA) is 80.9 Å². The van der Waals surface area contributed by atoms with Gasteiger partial charge in [-0.15, -0.1) is 0 Å². The molecule has 0 radical (unpaired) electrons. The van der Waals surface area contributed by atoms with E-state index >= 15 is 0 Å². The van der Waals surface area contributed by atoms with Crippen molar-refractivity contribution in [2.24, 2.45) is 0 Å². The lowest BCUT2D eigenvalue weighted by molar-refractivity contribution is 0.102. The fourth-order valence-electron chi connectivity index (χ4n) is 1.28. The van der Waals surface area contributed by atoms with Gasteiger partial charge in [0, 0.05) is 12.4 Å². The molecule has 0 fully saturated rings. The fourth-order valence-corrected chi connectivity index (χ4v) is 1.82. The number of nitrogens with one attached hydrogen (secondary N) is 1. The van der Waals surface area contributed by atoms with Gasteiger partial charge in [0.2, 0.25) is 0 Å². The predicted molar refractivity (Wildman–Crippen MR) is 73.5 cm³/mol. The first-order chi connectivity index (χ1) is 8.58. The van der Waals surface area contributed by atoms with Crippen molar-refractivity contribution in [3.05, 3.63) is 45.7 Å². The Balaban J connectivity index is 2.28. The summed E-state index contributed by atoms with van der Waals surface area (Å²) in [5, 5.41) is 2.86. The Morgan fingerprint density at radius 1 is 1.44 bits per heavy atom. The molecular formula is C11H8BrClN4O. The molecule has 18 heavy (non-hydrogen) atoms. The lowest BCUT2D eigenvalue weighted by atomic mass is 10.2. The van der Waals surface area contributed by atoms with Gasteiger partial charge in [0.1, 0.15) is 11.6 Å². The lowest BCUT2D eigenvalue weighted by Crippen LogP contribution is -2.14. The molecule has 92 valence electrons. The van der Waals surface area contributed by atoms with Crippen molar-refractivity contribution < 1.29 is 4.79 Å². The highest BCUT2D eigenvalue weighted by Gasteiger charge is 2.13. The van der Waals surface area contributed by atoms with E-state index in [1.165, 1.54) is 12.3 Å². The average Bonchev–Trinajstić information content (AvgIpc) is 2.35. The number of hydrogen-bond acceptors (Lipinski definition) is 4. The second-order valence-electron chi connectivity index (χ2n) is 3.38. The third-order valence-corrected chi connectivity index (χ3v) is 3.05. The van der Waals surface area contributed by atoms with E-state index in [1.807, 2.05) is 0 Å². The average molecular weight is 328 g/mol. The second-order valence-corrected chi connectivity index (χ2v) is 4.64. The molecule has 0 aliphatic carbocycles. The second kappa shape index (κ2) is 5.32. The van der Waals surface area contributed by atoms with Gasteiger partial charge >= 0.3 is 0 Å². The number of amides is 1. The standard InChI is InChI=1S/C11H8BrClN4O/c12-7-2-1-3-15-10(7)17-11(18)6-4-9(14)16-5-8(6)13/h1-5H,(H2,14,16)(H,15,17,18). The van der Waals surface area contributed by atoms with Crippen LogP contribution in [0.1, 0.15) is 10.4 Å². The Bertz CT molecular complexity index is 605. The molecule has 2 aromatic heterocycles. The van der Waals surface area contributed by atoms with Crippen LogP contribution < -0.4 is 11.1 Å². The molecule has 0 spiro atoms. The number of halogens is 2. The van der Waals surface area contributed by atoms with Crippen LogP contribution in [0.15, 0.2) is 35.1 Å². The van der Waals surface area contributed by atoms with Crippen LogP contribution in [0.3, 0.4) is 0 Å². The quantitative estimate of drug-likeness (QED) is 0.888. The molecule has 0 atom stereocenters. The molecule has 0 saturated carbocycles. The van der Waals surface area contributed by atoms with Gasteiger partial charge in [0.15, 0.2) is 0 Å². The minimum atomic E-state index is -0.395. The van der Waals surface area contributed by atoms with Crippen molar-refractivity contribution in [3.8, 4) is 0 Å². The zero-order valence-corrected chi connectivity index (χ0v) is 11.4. The summed E-state index contributed by atoms with van der Waals surface area (Å²) < 4.78 is 0.677. The molecule has 2 rings (SSSR count). The van der Waals surface area contributed by atoms with Crippen LogP contribution >= 0.6 is 27.5 Å². The summed E-state index contributed by atoms with van der Waals surface area (Å²) in [7, 11) is 0. The summed E-state index contributed by atoms with van der Waals surface area (Å²) in [5.41, 5.74) is 5.77. The van der Waals surface area contributed by atoms with Gasteiger partial charge in [-0.25, -0.2) is 9.97 Å². The Morgan fingerprint density at radius 3 is 2.94 bits per heavy atom. The number of hydrogen-bond donors (Lipinski definition) is 2. The molecule has 0 bridgehead atoms. The van der Waals surface area contributed by atoms with Gasteiger partial charge in [-0.1, -0.05) is 11.6 Å². The monoisotopic (exact) mass is 326 g/mol. The number of rotatable bonds is 2. The summed E-state index contributed by atoms with van der Waals surface area (Å²) in [6.07, 6.45) is 2.90. The van der Waals surface area contributed by atoms with Gasteiger partial charge in [0.25, 0.3) is 5.91 Å². The maximum atomic E-state index is 12.0. The predicted octanol–water partition coefficient (Wildman–Crippen LogP) is 2.73. The van der Waals surface area contributed by atoms with Crippen LogP contribution in [0.2, 0.25) is 5.02 Å². The maximum Gasteiger partial charge on any atom is 0.258 e. The summed E-state index contributed by atoms with van der Waals surface area (Å²) >= 11 is 9.17. The van der Waals surface area contributed by atoms with Crippen LogP contribution in [0, 0.1) is 0 Å². The maximum absolute atomic E-state index is 12.0. The molecule has 0 aliphatic heterocycles. The summed E-state index contributed by atoms with van der Waals surface area (Å²) in [5.74, 6) is 0.243. The molecule has 1 amide bonds. The van der Waals surface area contributed by atoms with Crippen molar-refractivity contribution in [1.82, 2.24) is 9.97 Å². The minimum absolute atomic E-state index is 0.227. The fraction of sp³-hybridized carbons (Fsp3) is 0. The number of carbonyl (C=O) groups is 1. The van der Waals surface area contributed by atoms with E-state index < -0.39 is 5.91 Å². The number of nitrogens with zero attached hydrogens (tertiary/aromatic N) is 2. The third kappa shape index (κ3) is 2.77. The van der Waals surface area contributed by atoms with Gasteiger partial charge in [-0.3, -0.25) is 4.79 Å². The molecule has 0 saturated heterocycles. The third-order valence-electron chi connectivity index (χ3n) is 2.11. The van der Waals surface area contributed by atoms with E-state index in [4.69, 9.17) is 17.3 Å². The number of carbonyl (C=O) groups excluding carboxylic acids is 1. The first kappa shape index (κ1) is 12.8. The highest BCUT2D eigenvalue weighted by Crippen LogP contribution is 2.21. The van der Waals surface area contributed by atoms with Gasteiger partial charge in [-0.2, -0.15) is 0 Å². The van der Waals surface area contributed by atoms with E-state index in [0.717, 1.165) is 0 Å². The smallest absolute Gasteiger partial charge is 0.258 e. The van der Waals surface area contributed by atoms with Crippen LogP contribution in [0.5, 0.6) is 0 Å². The zero-order valence-electron chi connectivity index (χ0n) is 9.02. The molecular weight excluding hydrogens is 320 g/mol. The van der Waals surface area contributed by atoms with Crippen LogP contribution in [-0.2, 0) is 0 Å². The molecule has 2 heterocycles. The van der Waals surface area contributed by atoms with Gasteiger partial charge in [0.05, 0.1) is 15.1 Å². The summed E-state index contributed by atoms with van der Waals surface area (Å²) in [6, 6.07) is 4.93. The lowest BCUT2D eigenvalue weighted by Gasteiger charge is -2.07. The van der Waals surface area contributed by atoms with Gasteiger partial charge < -0.3 is 11.1 Å². The van der Waals surface area contributed by atoms with Crippen molar-refractivity contribution in [1.29, 1.82) is 0 Å². The molecule has 0 unspecified atom stereocenters. The normalized spacial score (nSPS) is 10.1. The number of aromatic nitrogens is 2. The highest BCUT2D eigenvalue weighted by molar-refractivity contribution is 9.10. The summed E-state index contributed by atoms with van der Waals surface area (Å²) in [4.78, 5) is 19.8. The van der Waals surface area contributed by atoms with Crippen LogP contribution in [0.4, 0.5) is 11.6 Å². The summed E-state index contributed by atoms with van der Waals surface area (Å²) in [6.45, 7) is 0. The number of nitrogens with two attached hydrogens (primary N) is 1. The highest BCUT2D eigenvalue weighted by atomic mass is 79.9. The van der Waals surface area contributed by atoms with Gasteiger partial charge in [-0.05, 0) is 34.1 Å². The molecule has 2 aromatic rings. The first-order valence-electron chi connectivity index (χ1n) is 4.91. The largest absolute Gasteiger partial charge is 0.384 e. The SMILES string of the molecule is Nc1cc(C(=O)Nc2ncccc2Br)c(Cl)cn1. The van der Waals surface area contributed by atoms with E-state index in [0.29, 0.717) is 10.3 Å². The number of anilines is 2. The molecule has 7 heteroatoms. The van der Waals surface area contributed by atoms with Crippen molar-refractivity contribution in [2.45, 2.75) is 0 Å². The van der Waals surface area contributed by atoms with Crippen molar-refractivity contribution in [3.63, 3.8) is 0 Å².